The van der Waals surface area contributed by atoms with E-state index in [1.807, 2.05) is 0 Å². The predicted molar refractivity (Wildman–Crippen MR) is 57.5 cm³/mol. The predicted octanol–water partition coefficient (Wildman–Crippen LogP) is 1.87. The van der Waals surface area contributed by atoms with E-state index >= 15 is 0 Å². The number of thiol groups is 1. The van der Waals surface area contributed by atoms with Crippen molar-refractivity contribution in [1.29, 1.82) is 0 Å². The summed E-state index contributed by atoms with van der Waals surface area (Å²) < 4.78 is 4.57. The molecule has 0 aromatic rings. The van der Waals surface area contributed by atoms with E-state index in [0.29, 0.717) is 0 Å². The van der Waals surface area contributed by atoms with E-state index in [2.05, 4.69) is 40.3 Å². The summed E-state index contributed by atoms with van der Waals surface area (Å²) in [6.07, 6.45) is 6.47. The Bertz CT molecular complexity index is 85.0. The zero-order chi connectivity index (χ0) is 8.15. The lowest BCUT2D eigenvalue weighted by atomic mass is 11.3. The fourth-order valence-corrected chi connectivity index (χ4v) is 4.11. The highest BCUT2D eigenvalue weighted by Gasteiger charge is 2.08. The van der Waals surface area contributed by atoms with Gasteiger partial charge in [0, 0.05) is 0 Å². The van der Waals surface area contributed by atoms with Crippen molar-refractivity contribution >= 4 is 35.2 Å². The first-order chi connectivity index (χ1) is 4.63. The average Bonchev–Trinajstić information content (AvgIpc) is 1.90. The summed E-state index contributed by atoms with van der Waals surface area (Å²) in [4.78, 5) is 0. The van der Waals surface area contributed by atoms with Crippen LogP contribution in [0.25, 0.3) is 0 Å². The Balaban J connectivity index is 3.76. The molecule has 0 amide bonds. The Labute approximate surface area is 75.6 Å². The minimum absolute atomic E-state index is 0.111. The van der Waals surface area contributed by atoms with E-state index in [1.54, 1.807) is 23.9 Å². The SMILES string of the molecule is CSN(SC)[SH](C)N(C)C. The minimum Gasteiger partial charge on any atom is -0.263 e. The number of hydrogen-bond acceptors (Lipinski definition) is 4. The third kappa shape index (κ3) is 3.39. The molecule has 0 fully saturated rings. The molecular weight excluding hydrogens is 184 g/mol. The molecule has 1 unspecified atom stereocenters. The third-order valence-electron chi connectivity index (χ3n) is 1.13. The highest BCUT2D eigenvalue weighted by Crippen LogP contribution is 2.38. The smallest absolute Gasteiger partial charge is 0.00177 e. The van der Waals surface area contributed by atoms with Gasteiger partial charge < -0.3 is 0 Å². The molecular formula is C5H16N2S3. The van der Waals surface area contributed by atoms with Crippen molar-refractivity contribution in [3.63, 3.8) is 0 Å². The second-order valence-electron chi connectivity index (χ2n) is 1.94. The molecule has 1 atom stereocenters. The summed E-state index contributed by atoms with van der Waals surface area (Å²) >= 11 is 3.47. The Morgan fingerprint density at radius 3 is 1.60 bits per heavy atom. The number of rotatable bonds is 4. The van der Waals surface area contributed by atoms with E-state index in [9.17, 15) is 0 Å². The van der Waals surface area contributed by atoms with Crippen molar-refractivity contribution in [2.75, 3.05) is 32.9 Å². The van der Waals surface area contributed by atoms with Crippen molar-refractivity contribution in [3.8, 4) is 0 Å². The molecule has 2 nitrogen and oxygen atoms in total. The summed E-state index contributed by atoms with van der Waals surface area (Å²) in [5.41, 5.74) is 0. The van der Waals surface area contributed by atoms with Crippen LogP contribution in [0.5, 0.6) is 0 Å². The third-order valence-corrected chi connectivity index (χ3v) is 6.67. The van der Waals surface area contributed by atoms with Crippen molar-refractivity contribution in [2.45, 2.75) is 0 Å². The Morgan fingerprint density at radius 2 is 1.50 bits per heavy atom. The quantitative estimate of drug-likeness (QED) is 0.546. The number of hydrogen-bond donors (Lipinski definition) is 1. The number of nitrogens with zero attached hydrogens (tertiary/aromatic N) is 2. The van der Waals surface area contributed by atoms with Gasteiger partial charge in [-0.1, -0.05) is 23.9 Å². The van der Waals surface area contributed by atoms with Crippen LogP contribution < -0.4 is 0 Å². The van der Waals surface area contributed by atoms with E-state index in [4.69, 9.17) is 0 Å². The van der Waals surface area contributed by atoms with Crippen LogP contribution in [0.4, 0.5) is 0 Å². The monoisotopic (exact) mass is 200 g/mol. The zero-order valence-corrected chi connectivity index (χ0v) is 9.69. The largest absolute Gasteiger partial charge is 0.263 e. The molecule has 0 N–H and O–H groups in total. The van der Waals surface area contributed by atoms with Gasteiger partial charge in [0.15, 0.2) is 0 Å². The molecule has 0 aliphatic heterocycles. The van der Waals surface area contributed by atoms with Crippen LogP contribution in [-0.2, 0) is 0 Å². The Kier molecular flexibility index (Phi) is 6.14. The molecule has 0 heterocycles. The van der Waals surface area contributed by atoms with Crippen molar-refractivity contribution in [1.82, 2.24) is 7.42 Å². The molecule has 0 aromatic carbocycles. The van der Waals surface area contributed by atoms with Gasteiger partial charge in [-0.05, 0) is 32.9 Å². The second-order valence-corrected chi connectivity index (χ2v) is 6.35. The summed E-state index contributed by atoms with van der Waals surface area (Å²) in [5, 5.41) is 0. The van der Waals surface area contributed by atoms with Crippen molar-refractivity contribution in [3.05, 3.63) is 0 Å². The fraction of sp³-hybridized carbons (Fsp3) is 1.00. The molecule has 0 rings (SSSR count). The van der Waals surface area contributed by atoms with Crippen LogP contribution in [0.3, 0.4) is 0 Å². The van der Waals surface area contributed by atoms with Gasteiger partial charge in [-0.2, -0.15) is 0 Å². The first kappa shape index (κ1) is 11.0. The van der Waals surface area contributed by atoms with E-state index in [0.717, 1.165) is 0 Å². The topological polar surface area (TPSA) is 6.48 Å². The van der Waals surface area contributed by atoms with Gasteiger partial charge >= 0.3 is 0 Å². The minimum atomic E-state index is -0.111. The maximum absolute atomic E-state index is 2.31. The van der Waals surface area contributed by atoms with Crippen molar-refractivity contribution < 1.29 is 0 Å². The summed E-state index contributed by atoms with van der Waals surface area (Å²) in [6, 6.07) is 0. The lowest BCUT2D eigenvalue weighted by Gasteiger charge is -2.32. The van der Waals surface area contributed by atoms with Gasteiger partial charge in [0.05, 0.1) is 0 Å². The molecule has 10 heavy (non-hydrogen) atoms. The standard InChI is InChI=1S/C5H16N2S3/c1-6(2)10(5)7(8-3)9-4/h10H,1-5H3. The fourth-order valence-electron chi connectivity index (χ4n) is 0.457. The first-order valence-electron chi connectivity index (χ1n) is 2.92. The van der Waals surface area contributed by atoms with Gasteiger partial charge in [0.1, 0.15) is 0 Å². The highest BCUT2D eigenvalue weighted by atomic mass is 32.3. The summed E-state index contributed by atoms with van der Waals surface area (Å²) in [6.45, 7) is 0. The van der Waals surface area contributed by atoms with Gasteiger partial charge in [-0.25, -0.2) is 0 Å². The van der Waals surface area contributed by atoms with Gasteiger partial charge in [-0.15, -0.1) is 14.4 Å². The van der Waals surface area contributed by atoms with Crippen LogP contribution in [0.1, 0.15) is 0 Å². The molecule has 0 saturated carbocycles. The first-order valence-corrected chi connectivity index (χ1v) is 6.98. The second kappa shape index (κ2) is 5.60. The maximum atomic E-state index is 2.31. The Hall–Kier alpha value is 0.970. The molecule has 5 heteroatoms. The van der Waals surface area contributed by atoms with Crippen LogP contribution in [0.2, 0.25) is 0 Å². The maximum Gasteiger partial charge on any atom is -0.00177 e. The zero-order valence-electron chi connectivity index (χ0n) is 7.16. The molecule has 0 aromatic heterocycles. The molecule has 0 aliphatic carbocycles. The summed E-state index contributed by atoms with van der Waals surface area (Å²) in [7, 11) is 4.23. The van der Waals surface area contributed by atoms with Crippen LogP contribution >= 0.6 is 35.2 Å². The molecule has 0 bridgehead atoms. The van der Waals surface area contributed by atoms with Crippen LogP contribution in [0, 0.1) is 0 Å². The van der Waals surface area contributed by atoms with Gasteiger partial charge in [0.25, 0.3) is 0 Å². The molecule has 0 aliphatic rings. The average molecular weight is 200 g/mol. The Morgan fingerprint density at radius 1 is 1.10 bits per heavy atom. The van der Waals surface area contributed by atoms with Gasteiger partial charge in [-0.3, -0.25) is 4.31 Å². The van der Waals surface area contributed by atoms with Gasteiger partial charge in [0.2, 0.25) is 0 Å². The van der Waals surface area contributed by atoms with E-state index in [1.165, 1.54) is 0 Å². The molecule has 0 radical (unpaired) electrons. The molecule has 0 spiro atoms. The highest BCUT2D eigenvalue weighted by molar-refractivity contribution is 8.31. The lowest BCUT2D eigenvalue weighted by molar-refractivity contribution is 0.683. The van der Waals surface area contributed by atoms with E-state index in [-0.39, 0.29) is 11.3 Å². The van der Waals surface area contributed by atoms with Crippen LogP contribution in [0.15, 0.2) is 0 Å². The lowest BCUT2D eigenvalue weighted by Crippen LogP contribution is -2.15. The van der Waals surface area contributed by atoms with Crippen LogP contribution in [-0.4, -0.2) is 40.3 Å². The van der Waals surface area contributed by atoms with Crippen molar-refractivity contribution in [2.24, 2.45) is 0 Å². The normalized spacial score (nSPS) is 16.5. The molecule has 0 saturated heterocycles. The molecule has 64 valence electrons. The summed E-state index contributed by atoms with van der Waals surface area (Å²) in [5.74, 6) is 0. The van der Waals surface area contributed by atoms with E-state index < -0.39 is 0 Å².